The van der Waals surface area contributed by atoms with Crippen LogP contribution in [0.4, 0.5) is 0 Å². The Morgan fingerprint density at radius 3 is 1.12 bits per heavy atom. The van der Waals surface area contributed by atoms with Crippen molar-refractivity contribution in [3.8, 4) is 33.8 Å². The van der Waals surface area contributed by atoms with Gasteiger partial charge in [0.05, 0.1) is 11.1 Å². The third-order valence-corrected chi connectivity index (χ3v) is 3.98. The first-order valence-corrected chi connectivity index (χ1v) is 7.61. The van der Waals surface area contributed by atoms with Gasteiger partial charge in [0.25, 0.3) is 0 Å². The number of aromatic carboxylic acids is 2. The normalized spacial score (nSPS) is 10.5. The quantitative estimate of drug-likeness (QED) is 0.568. The standard InChI is InChI=1S/C20H14O6/c21-13-5-1-11(2-6-13)17-15(19(23)24)9-10-16(20(25)26)18(17)12-3-7-14(22)8-4-12/h1-10,21-22H,(H,23,24)(H,25,26). The first-order chi connectivity index (χ1) is 12.4. The molecule has 0 unspecified atom stereocenters. The van der Waals surface area contributed by atoms with Crippen LogP contribution in [0.3, 0.4) is 0 Å². The van der Waals surface area contributed by atoms with Crippen LogP contribution in [0.15, 0.2) is 60.7 Å². The monoisotopic (exact) mass is 350 g/mol. The highest BCUT2D eigenvalue weighted by molar-refractivity contribution is 6.08. The number of phenolic OH excluding ortho intramolecular Hbond substituents is 2. The second kappa shape index (κ2) is 6.60. The predicted molar refractivity (Wildman–Crippen MR) is 94.6 cm³/mol. The van der Waals surface area contributed by atoms with Gasteiger partial charge >= 0.3 is 11.9 Å². The Bertz CT molecular complexity index is 906. The minimum absolute atomic E-state index is 0.00574. The fourth-order valence-corrected chi connectivity index (χ4v) is 2.81. The van der Waals surface area contributed by atoms with Gasteiger partial charge in [-0.25, -0.2) is 9.59 Å². The van der Waals surface area contributed by atoms with Crippen molar-refractivity contribution in [2.75, 3.05) is 0 Å². The highest BCUT2D eigenvalue weighted by atomic mass is 16.4. The average Bonchev–Trinajstić information content (AvgIpc) is 2.61. The fourth-order valence-electron chi connectivity index (χ4n) is 2.81. The van der Waals surface area contributed by atoms with E-state index in [1.165, 1.54) is 60.7 Å². The summed E-state index contributed by atoms with van der Waals surface area (Å²) in [5, 5.41) is 38.2. The summed E-state index contributed by atoms with van der Waals surface area (Å²) in [6.45, 7) is 0. The largest absolute Gasteiger partial charge is 0.508 e. The summed E-state index contributed by atoms with van der Waals surface area (Å²) in [6, 6.07) is 14.2. The van der Waals surface area contributed by atoms with E-state index in [1.54, 1.807) is 0 Å². The van der Waals surface area contributed by atoms with Crippen LogP contribution in [-0.4, -0.2) is 32.4 Å². The van der Waals surface area contributed by atoms with E-state index in [9.17, 15) is 30.0 Å². The van der Waals surface area contributed by atoms with Crippen molar-refractivity contribution in [3.63, 3.8) is 0 Å². The van der Waals surface area contributed by atoms with Crippen LogP contribution in [0.5, 0.6) is 11.5 Å². The summed E-state index contributed by atoms with van der Waals surface area (Å²) in [5.74, 6) is -2.40. The molecule has 0 aromatic heterocycles. The first-order valence-electron chi connectivity index (χ1n) is 7.61. The Morgan fingerprint density at radius 1 is 0.538 bits per heavy atom. The van der Waals surface area contributed by atoms with Gasteiger partial charge in [-0.05, 0) is 47.5 Å². The van der Waals surface area contributed by atoms with E-state index in [0.29, 0.717) is 11.1 Å². The molecule has 0 aliphatic carbocycles. The van der Waals surface area contributed by atoms with Gasteiger partial charge in [0.15, 0.2) is 0 Å². The maximum absolute atomic E-state index is 11.7. The molecule has 3 rings (SSSR count). The van der Waals surface area contributed by atoms with Crippen molar-refractivity contribution >= 4 is 11.9 Å². The Kier molecular flexibility index (Phi) is 4.33. The smallest absolute Gasteiger partial charge is 0.336 e. The van der Waals surface area contributed by atoms with E-state index in [0.717, 1.165) is 0 Å². The number of hydrogen-bond donors (Lipinski definition) is 4. The van der Waals surface area contributed by atoms with E-state index < -0.39 is 11.9 Å². The number of carboxylic acid groups (broad SMARTS) is 2. The molecule has 0 fully saturated rings. The molecule has 3 aromatic carbocycles. The van der Waals surface area contributed by atoms with E-state index in [2.05, 4.69) is 0 Å². The molecule has 0 saturated carbocycles. The zero-order valence-corrected chi connectivity index (χ0v) is 13.4. The van der Waals surface area contributed by atoms with Gasteiger partial charge in [-0.1, -0.05) is 24.3 Å². The molecule has 0 saturated heterocycles. The Hall–Kier alpha value is -3.80. The lowest BCUT2D eigenvalue weighted by molar-refractivity contribution is 0.0682. The molecule has 0 spiro atoms. The Labute approximate surface area is 148 Å². The lowest BCUT2D eigenvalue weighted by atomic mass is 9.87. The third kappa shape index (κ3) is 3.08. The van der Waals surface area contributed by atoms with Crippen molar-refractivity contribution in [1.82, 2.24) is 0 Å². The second-order valence-corrected chi connectivity index (χ2v) is 5.61. The predicted octanol–water partition coefficient (Wildman–Crippen LogP) is 3.83. The summed E-state index contributed by atoms with van der Waals surface area (Å²) in [7, 11) is 0. The highest BCUT2D eigenvalue weighted by Gasteiger charge is 2.23. The minimum atomic E-state index is -1.20. The van der Waals surface area contributed by atoms with Crippen LogP contribution in [-0.2, 0) is 0 Å². The Balaban J connectivity index is 2.42. The molecule has 0 aliphatic heterocycles. The maximum atomic E-state index is 11.7. The van der Waals surface area contributed by atoms with Crippen LogP contribution in [0, 0.1) is 0 Å². The number of hydrogen-bond acceptors (Lipinski definition) is 4. The molecule has 0 heterocycles. The maximum Gasteiger partial charge on any atom is 0.336 e. The molecule has 130 valence electrons. The lowest BCUT2D eigenvalue weighted by Gasteiger charge is -2.16. The van der Waals surface area contributed by atoms with Crippen molar-refractivity contribution in [3.05, 3.63) is 71.8 Å². The van der Waals surface area contributed by atoms with E-state index in [1.807, 2.05) is 0 Å². The molecule has 6 heteroatoms. The number of phenols is 2. The zero-order chi connectivity index (χ0) is 18.8. The molecule has 3 aromatic rings. The number of rotatable bonds is 4. The average molecular weight is 350 g/mol. The SMILES string of the molecule is O=C(O)c1ccc(C(=O)O)c(-c2ccc(O)cc2)c1-c1ccc(O)cc1. The van der Waals surface area contributed by atoms with Crippen LogP contribution in [0.1, 0.15) is 20.7 Å². The van der Waals surface area contributed by atoms with E-state index >= 15 is 0 Å². The van der Waals surface area contributed by atoms with Gasteiger partial charge in [-0.15, -0.1) is 0 Å². The molecule has 0 aliphatic rings. The molecule has 26 heavy (non-hydrogen) atoms. The summed E-state index contributed by atoms with van der Waals surface area (Å²) in [6.07, 6.45) is 0. The number of carbonyl (C=O) groups is 2. The van der Waals surface area contributed by atoms with Crippen LogP contribution >= 0.6 is 0 Å². The van der Waals surface area contributed by atoms with E-state index in [-0.39, 0.29) is 33.8 Å². The zero-order valence-electron chi connectivity index (χ0n) is 13.4. The van der Waals surface area contributed by atoms with Crippen molar-refractivity contribution < 1.29 is 30.0 Å². The van der Waals surface area contributed by atoms with Gasteiger partial charge in [0.2, 0.25) is 0 Å². The molecule has 4 N–H and O–H groups in total. The molecular formula is C20H14O6. The second-order valence-electron chi connectivity index (χ2n) is 5.61. The van der Waals surface area contributed by atoms with Gasteiger partial charge in [-0.3, -0.25) is 0 Å². The van der Waals surface area contributed by atoms with Crippen LogP contribution < -0.4 is 0 Å². The first kappa shape index (κ1) is 17.0. The van der Waals surface area contributed by atoms with Crippen molar-refractivity contribution in [2.24, 2.45) is 0 Å². The summed E-state index contributed by atoms with van der Waals surface area (Å²) < 4.78 is 0. The molecule has 6 nitrogen and oxygen atoms in total. The molecule has 0 bridgehead atoms. The summed E-state index contributed by atoms with van der Waals surface area (Å²) >= 11 is 0. The topological polar surface area (TPSA) is 115 Å². The third-order valence-electron chi connectivity index (χ3n) is 3.98. The molecule has 0 atom stereocenters. The summed E-state index contributed by atoms with van der Waals surface area (Å²) in [4.78, 5) is 23.5. The molecule has 0 amide bonds. The number of aromatic hydroxyl groups is 2. The van der Waals surface area contributed by atoms with Crippen LogP contribution in [0.25, 0.3) is 22.3 Å². The van der Waals surface area contributed by atoms with Gasteiger partial charge in [0, 0.05) is 11.1 Å². The minimum Gasteiger partial charge on any atom is -0.508 e. The van der Waals surface area contributed by atoms with Gasteiger partial charge in [0.1, 0.15) is 11.5 Å². The van der Waals surface area contributed by atoms with Crippen molar-refractivity contribution in [2.45, 2.75) is 0 Å². The van der Waals surface area contributed by atoms with Gasteiger partial charge < -0.3 is 20.4 Å². The van der Waals surface area contributed by atoms with Crippen molar-refractivity contribution in [1.29, 1.82) is 0 Å². The molecule has 0 radical (unpaired) electrons. The fraction of sp³-hybridized carbons (Fsp3) is 0. The number of benzene rings is 3. The van der Waals surface area contributed by atoms with Gasteiger partial charge in [-0.2, -0.15) is 0 Å². The molecular weight excluding hydrogens is 336 g/mol. The van der Waals surface area contributed by atoms with Crippen LogP contribution in [0.2, 0.25) is 0 Å². The van der Waals surface area contributed by atoms with E-state index in [4.69, 9.17) is 0 Å². The lowest BCUT2D eigenvalue weighted by Crippen LogP contribution is -2.07. The Morgan fingerprint density at radius 2 is 0.846 bits per heavy atom. The highest BCUT2D eigenvalue weighted by Crippen LogP contribution is 2.39. The summed E-state index contributed by atoms with van der Waals surface area (Å²) in [5.41, 5.74) is 1.22. The number of carboxylic acids is 2.